The molecule has 9 nitrogen and oxygen atoms in total. The molecule has 1 aromatic carbocycles. The molecule has 1 aromatic heterocycles. The first-order chi connectivity index (χ1) is 16.8. The summed E-state index contributed by atoms with van der Waals surface area (Å²) in [4.78, 5) is 33.6. The molecule has 1 aliphatic heterocycles. The molecule has 0 radical (unpaired) electrons. The predicted octanol–water partition coefficient (Wildman–Crippen LogP) is 2.67. The van der Waals surface area contributed by atoms with Gasteiger partial charge in [-0.05, 0) is 36.6 Å². The number of ether oxygens (including phenoxy) is 3. The first-order valence-corrected chi connectivity index (χ1v) is 11.8. The average molecular weight is 485 g/mol. The summed E-state index contributed by atoms with van der Waals surface area (Å²) in [7, 11) is 4.91. The Hall–Kier alpha value is -3.01. The van der Waals surface area contributed by atoms with Crippen LogP contribution in [0, 0.1) is 5.92 Å². The van der Waals surface area contributed by atoms with Crippen LogP contribution >= 0.6 is 0 Å². The molecular weight excluding hydrogens is 448 g/mol. The molecule has 3 rings (SSSR count). The molecule has 2 amide bonds. The minimum Gasteiger partial charge on any atom is -0.491 e. The van der Waals surface area contributed by atoms with E-state index in [2.05, 4.69) is 35.1 Å². The summed E-state index contributed by atoms with van der Waals surface area (Å²) in [5.74, 6) is 0.154. The van der Waals surface area contributed by atoms with E-state index in [9.17, 15) is 9.59 Å². The fourth-order valence-electron chi connectivity index (χ4n) is 4.20. The average Bonchev–Trinajstić information content (AvgIpc) is 2.85. The van der Waals surface area contributed by atoms with Gasteiger partial charge in [0.15, 0.2) is 0 Å². The highest BCUT2D eigenvalue weighted by atomic mass is 16.5. The van der Waals surface area contributed by atoms with Gasteiger partial charge in [0.2, 0.25) is 5.91 Å². The third-order valence-electron chi connectivity index (χ3n) is 6.24. The van der Waals surface area contributed by atoms with Gasteiger partial charge in [0.1, 0.15) is 19.0 Å². The molecule has 0 unspecified atom stereocenters. The minimum absolute atomic E-state index is 0.0435. The number of nitrogens with one attached hydrogen (secondary N) is 1. The largest absolute Gasteiger partial charge is 0.491 e. The zero-order valence-corrected chi connectivity index (χ0v) is 21.2. The number of aromatic nitrogens is 1. The van der Waals surface area contributed by atoms with Crippen LogP contribution in [0.15, 0.2) is 42.7 Å². The van der Waals surface area contributed by atoms with Crippen LogP contribution in [0.1, 0.15) is 29.8 Å². The fourth-order valence-corrected chi connectivity index (χ4v) is 4.20. The highest BCUT2D eigenvalue weighted by Crippen LogP contribution is 2.27. The second-order valence-electron chi connectivity index (χ2n) is 9.08. The quantitative estimate of drug-likeness (QED) is 0.674. The second-order valence-corrected chi connectivity index (χ2v) is 9.08. The molecule has 1 aliphatic rings. The normalized spacial score (nSPS) is 21.9. The zero-order valence-electron chi connectivity index (χ0n) is 21.2. The number of nitrogens with zero attached hydrogens (tertiary/aromatic N) is 3. The highest BCUT2D eigenvalue weighted by molar-refractivity contribution is 5.98. The molecule has 2 aromatic rings. The number of carbonyl (C=O) groups excluding carboxylic acids is 2. The van der Waals surface area contributed by atoms with Crippen molar-refractivity contribution in [2.24, 2.45) is 5.92 Å². The molecule has 0 spiro atoms. The lowest BCUT2D eigenvalue weighted by molar-refractivity contribution is -0.119. The standard InChI is InChI=1S/C26H36N4O5/c1-18-13-30(14-20-7-6-10-27-12-20)19(2)16-35-23-11-21(28-25(31)17-33-4)8-9-22(23)26(32)29(3)15-24(18)34-5/h6-12,18-19,24H,13-17H2,1-5H3,(H,28,31)/t18-,19+,24-/m1/s1. The highest BCUT2D eigenvalue weighted by Gasteiger charge is 2.28. The summed E-state index contributed by atoms with van der Waals surface area (Å²) in [5.41, 5.74) is 2.09. The summed E-state index contributed by atoms with van der Waals surface area (Å²) in [6, 6.07) is 9.11. The number of fused-ring (bicyclic) bond motifs is 1. The van der Waals surface area contributed by atoms with Crippen molar-refractivity contribution in [3.63, 3.8) is 0 Å². The van der Waals surface area contributed by atoms with Gasteiger partial charge in [-0.15, -0.1) is 0 Å². The summed E-state index contributed by atoms with van der Waals surface area (Å²) in [5, 5.41) is 2.77. The van der Waals surface area contributed by atoms with E-state index in [1.54, 1.807) is 43.5 Å². The van der Waals surface area contributed by atoms with E-state index in [4.69, 9.17) is 14.2 Å². The number of benzene rings is 1. The lowest BCUT2D eigenvalue weighted by atomic mass is 10.0. The molecule has 0 aliphatic carbocycles. The van der Waals surface area contributed by atoms with Crippen molar-refractivity contribution in [2.75, 3.05) is 52.9 Å². The fraction of sp³-hybridized carbons (Fsp3) is 0.500. The molecule has 0 saturated carbocycles. The Balaban J connectivity index is 1.92. The van der Waals surface area contributed by atoms with Crippen LogP contribution in [0.5, 0.6) is 5.75 Å². The minimum atomic E-state index is -0.281. The van der Waals surface area contributed by atoms with Crippen LogP contribution in [0.3, 0.4) is 0 Å². The maximum atomic E-state index is 13.3. The van der Waals surface area contributed by atoms with E-state index in [0.717, 1.165) is 12.1 Å². The number of hydrogen-bond donors (Lipinski definition) is 1. The van der Waals surface area contributed by atoms with Crippen LogP contribution in [0.4, 0.5) is 5.69 Å². The van der Waals surface area contributed by atoms with E-state index >= 15 is 0 Å². The van der Waals surface area contributed by atoms with Crippen LogP contribution < -0.4 is 10.1 Å². The molecule has 1 N–H and O–H groups in total. The summed E-state index contributed by atoms with van der Waals surface area (Å²) in [6.07, 6.45) is 3.51. The maximum absolute atomic E-state index is 13.3. The topological polar surface area (TPSA) is 93.2 Å². The smallest absolute Gasteiger partial charge is 0.257 e. The second kappa shape index (κ2) is 12.6. The number of likely N-dealkylation sites (N-methyl/N-ethyl adjacent to an activating group) is 1. The monoisotopic (exact) mass is 484 g/mol. The molecule has 0 fully saturated rings. The molecule has 35 heavy (non-hydrogen) atoms. The number of rotatable bonds is 6. The van der Waals surface area contributed by atoms with E-state index in [0.29, 0.717) is 36.7 Å². The van der Waals surface area contributed by atoms with Gasteiger partial charge in [0.25, 0.3) is 5.91 Å². The molecule has 9 heteroatoms. The van der Waals surface area contributed by atoms with E-state index in [1.165, 1.54) is 7.11 Å². The first-order valence-electron chi connectivity index (χ1n) is 11.8. The van der Waals surface area contributed by atoms with Crippen molar-refractivity contribution in [1.29, 1.82) is 0 Å². The Morgan fingerprint density at radius 1 is 1.23 bits per heavy atom. The van der Waals surface area contributed by atoms with Gasteiger partial charge in [0, 0.05) is 71.1 Å². The number of amides is 2. The third kappa shape index (κ3) is 7.24. The van der Waals surface area contributed by atoms with Crippen molar-refractivity contribution in [3.05, 3.63) is 53.9 Å². The van der Waals surface area contributed by atoms with Gasteiger partial charge in [-0.2, -0.15) is 0 Å². The summed E-state index contributed by atoms with van der Waals surface area (Å²) < 4.78 is 16.9. The third-order valence-corrected chi connectivity index (χ3v) is 6.24. The van der Waals surface area contributed by atoms with Crippen molar-refractivity contribution in [2.45, 2.75) is 32.5 Å². The lowest BCUT2D eigenvalue weighted by Gasteiger charge is -2.36. The Bertz CT molecular complexity index is 987. The Kier molecular flexibility index (Phi) is 9.59. The summed E-state index contributed by atoms with van der Waals surface area (Å²) in [6.45, 7) is 6.48. The SMILES string of the molecule is COCC(=O)Nc1ccc2c(c1)OC[C@H](C)N(Cc1cccnc1)C[C@@H](C)[C@H](OC)CN(C)C2=O. The van der Waals surface area contributed by atoms with Gasteiger partial charge in [-0.1, -0.05) is 13.0 Å². The lowest BCUT2D eigenvalue weighted by Crippen LogP contribution is -2.46. The van der Waals surface area contributed by atoms with E-state index in [1.807, 2.05) is 12.3 Å². The molecule has 190 valence electrons. The van der Waals surface area contributed by atoms with Gasteiger partial charge >= 0.3 is 0 Å². The predicted molar refractivity (Wildman–Crippen MR) is 133 cm³/mol. The first kappa shape index (κ1) is 26.6. The number of hydrogen-bond acceptors (Lipinski definition) is 7. The Morgan fingerprint density at radius 3 is 2.71 bits per heavy atom. The zero-order chi connectivity index (χ0) is 25.4. The maximum Gasteiger partial charge on any atom is 0.257 e. The van der Waals surface area contributed by atoms with Crippen LogP contribution in [-0.4, -0.2) is 86.3 Å². The number of pyridine rings is 1. The van der Waals surface area contributed by atoms with Crippen molar-refractivity contribution < 1.29 is 23.8 Å². The van der Waals surface area contributed by atoms with Gasteiger partial charge in [-0.3, -0.25) is 19.5 Å². The molecule has 3 atom stereocenters. The molecular formula is C26H36N4O5. The van der Waals surface area contributed by atoms with Gasteiger partial charge in [-0.25, -0.2) is 0 Å². The van der Waals surface area contributed by atoms with Gasteiger partial charge in [0.05, 0.1) is 11.7 Å². The number of methoxy groups -OCH3 is 2. The van der Waals surface area contributed by atoms with Crippen molar-refractivity contribution in [1.82, 2.24) is 14.8 Å². The summed E-state index contributed by atoms with van der Waals surface area (Å²) >= 11 is 0. The Morgan fingerprint density at radius 2 is 2.03 bits per heavy atom. The number of carbonyl (C=O) groups is 2. The van der Waals surface area contributed by atoms with E-state index < -0.39 is 0 Å². The Labute approximate surface area is 207 Å². The van der Waals surface area contributed by atoms with Crippen LogP contribution in [0.2, 0.25) is 0 Å². The van der Waals surface area contributed by atoms with Crippen molar-refractivity contribution in [3.8, 4) is 5.75 Å². The molecule has 0 saturated heterocycles. The molecule has 0 bridgehead atoms. The van der Waals surface area contributed by atoms with E-state index in [-0.39, 0.29) is 36.5 Å². The van der Waals surface area contributed by atoms with Crippen LogP contribution in [-0.2, 0) is 20.8 Å². The van der Waals surface area contributed by atoms with Crippen LogP contribution in [0.25, 0.3) is 0 Å². The molecule has 2 heterocycles. The number of anilines is 1. The van der Waals surface area contributed by atoms with Gasteiger partial charge < -0.3 is 24.4 Å². The van der Waals surface area contributed by atoms with Crippen molar-refractivity contribution >= 4 is 17.5 Å².